The van der Waals surface area contributed by atoms with Crippen molar-refractivity contribution in [1.82, 2.24) is 5.32 Å². The largest absolute Gasteiger partial charge is 0.480 e. The second-order valence-electron chi connectivity index (χ2n) is 6.78. The summed E-state index contributed by atoms with van der Waals surface area (Å²) in [4.78, 5) is 35.4. The number of ketones is 1. The van der Waals surface area contributed by atoms with Crippen molar-refractivity contribution in [2.45, 2.75) is 65.3 Å². The molecule has 23 heavy (non-hydrogen) atoms. The van der Waals surface area contributed by atoms with Crippen molar-refractivity contribution in [3.63, 3.8) is 0 Å². The molecular weight excluding hydrogens is 294 g/mol. The molecule has 1 amide bonds. The van der Waals surface area contributed by atoms with Crippen LogP contribution in [0.25, 0.3) is 0 Å². The maximum absolute atomic E-state index is 12.2. The highest BCUT2D eigenvalue weighted by atomic mass is 16.4. The van der Waals surface area contributed by atoms with Crippen molar-refractivity contribution in [3.05, 3.63) is 12.2 Å². The maximum atomic E-state index is 12.2. The van der Waals surface area contributed by atoms with Gasteiger partial charge in [-0.05, 0) is 37.5 Å². The molecule has 0 saturated heterocycles. The molecule has 1 rings (SSSR count). The van der Waals surface area contributed by atoms with Gasteiger partial charge in [0.15, 0.2) is 0 Å². The molecule has 1 aliphatic carbocycles. The van der Waals surface area contributed by atoms with E-state index >= 15 is 0 Å². The number of Topliss-reactive ketones (excluding diaryl/α,β-unsaturated/α-hetero) is 1. The topological polar surface area (TPSA) is 83.5 Å². The minimum atomic E-state index is -1.00. The predicted molar refractivity (Wildman–Crippen MR) is 88.9 cm³/mol. The Bertz CT molecular complexity index is 456. The number of aliphatic carboxylic acids is 1. The van der Waals surface area contributed by atoms with Crippen LogP contribution in [0.3, 0.4) is 0 Å². The molecule has 5 heteroatoms. The van der Waals surface area contributed by atoms with Crippen LogP contribution in [0.4, 0.5) is 0 Å². The van der Waals surface area contributed by atoms with E-state index in [0.717, 1.165) is 12.8 Å². The molecular formula is C18H29NO4. The van der Waals surface area contributed by atoms with E-state index in [1.807, 2.05) is 32.9 Å². The van der Waals surface area contributed by atoms with Gasteiger partial charge in [-0.3, -0.25) is 9.59 Å². The van der Waals surface area contributed by atoms with Gasteiger partial charge >= 0.3 is 5.97 Å². The number of nitrogens with one attached hydrogen (secondary N) is 1. The fraction of sp³-hybridized carbons (Fsp3) is 0.722. The molecule has 3 atom stereocenters. The summed E-state index contributed by atoms with van der Waals surface area (Å²) >= 11 is 0. The molecule has 0 heterocycles. The predicted octanol–water partition coefficient (Wildman–Crippen LogP) is 2.94. The first-order chi connectivity index (χ1) is 10.8. The Kier molecular flexibility index (Phi) is 8.00. The fourth-order valence-electron chi connectivity index (χ4n) is 3.14. The van der Waals surface area contributed by atoms with Gasteiger partial charge < -0.3 is 10.4 Å². The van der Waals surface area contributed by atoms with Crippen LogP contribution in [0.2, 0.25) is 0 Å². The summed E-state index contributed by atoms with van der Waals surface area (Å²) in [5.41, 5.74) is 0. The number of hydrogen-bond acceptors (Lipinski definition) is 3. The van der Waals surface area contributed by atoms with Crippen LogP contribution in [0.15, 0.2) is 12.2 Å². The van der Waals surface area contributed by atoms with Crippen LogP contribution in [0.1, 0.15) is 59.3 Å². The summed E-state index contributed by atoms with van der Waals surface area (Å²) in [6.45, 7) is 5.89. The second-order valence-corrected chi connectivity index (χ2v) is 6.78. The molecule has 1 aliphatic rings. The van der Waals surface area contributed by atoms with Gasteiger partial charge in [0.2, 0.25) is 5.91 Å². The van der Waals surface area contributed by atoms with Crippen LogP contribution in [-0.4, -0.2) is 28.8 Å². The number of rotatable bonds is 9. The summed E-state index contributed by atoms with van der Waals surface area (Å²) in [7, 11) is 0. The minimum Gasteiger partial charge on any atom is -0.480 e. The summed E-state index contributed by atoms with van der Waals surface area (Å²) in [6.07, 6.45) is 7.55. The molecule has 0 radical (unpaired) electrons. The summed E-state index contributed by atoms with van der Waals surface area (Å²) < 4.78 is 0. The number of allylic oxidation sites excluding steroid dienone is 2. The lowest BCUT2D eigenvalue weighted by Gasteiger charge is -2.20. The van der Waals surface area contributed by atoms with Crippen LogP contribution in [0, 0.1) is 17.8 Å². The summed E-state index contributed by atoms with van der Waals surface area (Å²) in [6, 6.07) is -0.849. The molecule has 1 saturated carbocycles. The normalized spacial score (nSPS) is 22.7. The molecule has 130 valence electrons. The van der Waals surface area contributed by atoms with E-state index < -0.39 is 12.0 Å². The standard InChI is InChI=1S/C18H29NO4/c1-4-5-6-7-14-13(8-9-16(14)20)11-17(21)19-15(18(22)23)10-12(2)3/h5-6,12-15H,4,7-11H2,1-3H3,(H,19,21)(H,22,23)/t13?,14?,15-/m1/s1. The number of carboxylic acid groups (broad SMARTS) is 1. The molecule has 0 aromatic carbocycles. The Morgan fingerprint density at radius 1 is 1.35 bits per heavy atom. The smallest absolute Gasteiger partial charge is 0.326 e. The first-order valence-electron chi connectivity index (χ1n) is 8.55. The fourth-order valence-corrected chi connectivity index (χ4v) is 3.14. The van der Waals surface area contributed by atoms with Gasteiger partial charge in [-0.1, -0.05) is 32.9 Å². The van der Waals surface area contributed by atoms with Crippen molar-refractivity contribution in [2.75, 3.05) is 0 Å². The Labute approximate surface area is 138 Å². The SMILES string of the molecule is CCC=CCC1C(=O)CCC1CC(=O)N[C@H](CC(C)C)C(=O)O. The summed E-state index contributed by atoms with van der Waals surface area (Å²) in [5.74, 6) is -0.925. The van der Waals surface area contributed by atoms with Crippen LogP contribution < -0.4 is 5.32 Å². The highest BCUT2D eigenvalue weighted by Gasteiger charge is 2.35. The van der Waals surface area contributed by atoms with Gasteiger partial charge in [-0.25, -0.2) is 4.79 Å². The van der Waals surface area contributed by atoms with Crippen LogP contribution in [0.5, 0.6) is 0 Å². The van der Waals surface area contributed by atoms with Crippen molar-refractivity contribution in [1.29, 1.82) is 0 Å². The van der Waals surface area contributed by atoms with Crippen LogP contribution >= 0.6 is 0 Å². The average molecular weight is 323 g/mol. The Morgan fingerprint density at radius 3 is 2.61 bits per heavy atom. The van der Waals surface area contributed by atoms with E-state index in [1.165, 1.54) is 0 Å². The number of carboxylic acids is 1. The average Bonchev–Trinajstić information content (AvgIpc) is 2.79. The number of carbonyl (C=O) groups is 3. The van der Waals surface area contributed by atoms with E-state index in [9.17, 15) is 19.5 Å². The van der Waals surface area contributed by atoms with E-state index in [4.69, 9.17) is 0 Å². The van der Waals surface area contributed by atoms with E-state index in [1.54, 1.807) is 0 Å². The highest BCUT2D eigenvalue weighted by molar-refractivity contribution is 5.87. The third kappa shape index (κ3) is 6.55. The maximum Gasteiger partial charge on any atom is 0.326 e. The zero-order valence-corrected chi connectivity index (χ0v) is 14.4. The van der Waals surface area contributed by atoms with Gasteiger partial charge in [0.1, 0.15) is 11.8 Å². The van der Waals surface area contributed by atoms with Gasteiger partial charge in [0.05, 0.1) is 0 Å². The lowest BCUT2D eigenvalue weighted by molar-refractivity contribution is -0.142. The van der Waals surface area contributed by atoms with E-state index in [-0.39, 0.29) is 35.9 Å². The number of hydrogen-bond donors (Lipinski definition) is 2. The van der Waals surface area contributed by atoms with Crippen molar-refractivity contribution < 1.29 is 19.5 Å². The highest BCUT2D eigenvalue weighted by Crippen LogP contribution is 2.34. The number of carbonyl (C=O) groups excluding carboxylic acids is 2. The minimum absolute atomic E-state index is 0.0255. The molecule has 2 unspecified atom stereocenters. The Hall–Kier alpha value is -1.65. The van der Waals surface area contributed by atoms with Crippen LogP contribution in [-0.2, 0) is 14.4 Å². The van der Waals surface area contributed by atoms with E-state index in [0.29, 0.717) is 19.3 Å². The third-order valence-corrected chi connectivity index (χ3v) is 4.32. The monoisotopic (exact) mass is 323 g/mol. The molecule has 0 aromatic rings. The lowest BCUT2D eigenvalue weighted by Crippen LogP contribution is -2.42. The molecule has 1 fully saturated rings. The summed E-state index contributed by atoms with van der Waals surface area (Å²) in [5, 5.41) is 11.8. The first kappa shape index (κ1) is 19.4. The second kappa shape index (κ2) is 9.48. The Balaban J connectivity index is 2.58. The molecule has 0 spiro atoms. The van der Waals surface area contributed by atoms with Gasteiger partial charge in [0.25, 0.3) is 0 Å². The van der Waals surface area contributed by atoms with Crippen molar-refractivity contribution in [3.8, 4) is 0 Å². The van der Waals surface area contributed by atoms with Crippen molar-refractivity contribution >= 4 is 17.7 Å². The number of amides is 1. The molecule has 5 nitrogen and oxygen atoms in total. The lowest BCUT2D eigenvalue weighted by atomic mass is 9.89. The van der Waals surface area contributed by atoms with Crippen molar-refractivity contribution in [2.24, 2.45) is 17.8 Å². The quantitative estimate of drug-likeness (QED) is 0.639. The molecule has 0 aliphatic heterocycles. The molecule has 0 bridgehead atoms. The van der Waals surface area contributed by atoms with Gasteiger partial charge in [-0.15, -0.1) is 0 Å². The third-order valence-electron chi connectivity index (χ3n) is 4.32. The van der Waals surface area contributed by atoms with E-state index in [2.05, 4.69) is 5.32 Å². The first-order valence-corrected chi connectivity index (χ1v) is 8.55. The molecule has 0 aromatic heterocycles. The van der Waals surface area contributed by atoms with Gasteiger partial charge in [0, 0.05) is 18.8 Å². The van der Waals surface area contributed by atoms with Gasteiger partial charge in [-0.2, -0.15) is 0 Å². The Morgan fingerprint density at radius 2 is 2.04 bits per heavy atom. The zero-order chi connectivity index (χ0) is 17.4. The molecule has 2 N–H and O–H groups in total. The zero-order valence-electron chi connectivity index (χ0n) is 14.4.